The van der Waals surface area contributed by atoms with Crippen LogP contribution in [-0.4, -0.2) is 44.2 Å². The first kappa shape index (κ1) is 14.8. The molecule has 3 N–H and O–H groups in total. The van der Waals surface area contributed by atoms with Crippen LogP contribution < -0.4 is 10.8 Å². The molecule has 0 saturated heterocycles. The fraction of sp³-hybridized carbons (Fsp3) is 0.643. The standard InChI is InChI=1S/C14H21N5O3/c20-13(17-22)11-8-18-6-7-19(9-12(18)16-11)14(21)15-10-4-2-1-3-5-10/h8,10,22H,1-7,9H2,(H,15,21)(H,17,20). The quantitative estimate of drug-likeness (QED) is 0.557. The molecule has 2 heterocycles. The van der Waals surface area contributed by atoms with E-state index in [-0.39, 0.29) is 17.8 Å². The van der Waals surface area contributed by atoms with E-state index in [1.165, 1.54) is 19.3 Å². The normalized spacial score (nSPS) is 18.7. The van der Waals surface area contributed by atoms with Crippen LogP contribution in [0.4, 0.5) is 4.79 Å². The fourth-order valence-corrected chi connectivity index (χ4v) is 3.11. The number of hydroxylamine groups is 1. The molecule has 8 heteroatoms. The molecular formula is C14H21N5O3. The summed E-state index contributed by atoms with van der Waals surface area (Å²) >= 11 is 0. The van der Waals surface area contributed by atoms with Gasteiger partial charge in [-0.15, -0.1) is 0 Å². The maximum absolute atomic E-state index is 12.3. The number of hydrogen-bond donors (Lipinski definition) is 3. The molecule has 120 valence electrons. The predicted molar refractivity (Wildman–Crippen MR) is 77.3 cm³/mol. The van der Waals surface area contributed by atoms with Crippen LogP contribution in [-0.2, 0) is 13.1 Å². The Morgan fingerprint density at radius 3 is 2.73 bits per heavy atom. The summed E-state index contributed by atoms with van der Waals surface area (Å²) in [4.78, 5) is 29.6. The Kier molecular flexibility index (Phi) is 4.28. The molecule has 0 radical (unpaired) electrons. The van der Waals surface area contributed by atoms with Crippen molar-refractivity contribution in [1.82, 2.24) is 25.2 Å². The molecule has 0 atom stereocenters. The second kappa shape index (κ2) is 6.35. The van der Waals surface area contributed by atoms with E-state index in [4.69, 9.17) is 5.21 Å². The Labute approximate surface area is 128 Å². The second-order valence-corrected chi connectivity index (χ2v) is 5.88. The molecule has 1 aromatic heterocycles. The highest BCUT2D eigenvalue weighted by molar-refractivity contribution is 5.91. The van der Waals surface area contributed by atoms with Gasteiger partial charge in [0.1, 0.15) is 11.5 Å². The number of amides is 3. The molecule has 2 aliphatic rings. The SMILES string of the molecule is O=C(NO)c1cn2c(n1)CN(C(=O)NC1CCCCC1)CC2. The minimum Gasteiger partial charge on any atom is -0.335 e. The van der Waals surface area contributed by atoms with Crippen LogP contribution in [0.5, 0.6) is 0 Å². The van der Waals surface area contributed by atoms with Gasteiger partial charge >= 0.3 is 6.03 Å². The average Bonchev–Trinajstić information content (AvgIpc) is 2.98. The van der Waals surface area contributed by atoms with E-state index in [1.54, 1.807) is 16.6 Å². The van der Waals surface area contributed by atoms with E-state index in [1.807, 2.05) is 4.57 Å². The number of carbonyl (C=O) groups excluding carboxylic acids is 2. The lowest BCUT2D eigenvalue weighted by Gasteiger charge is -2.31. The number of nitrogens with one attached hydrogen (secondary N) is 2. The van der Waals surface area contributed by atoms with Gasteiger partial charge in [0.05, 0.1) is 6.54 Å². The maximum atomic E-state index is 12.3. The van der Waals surface area contributed by atoms with Gasteiger partial charge in [0, 0.05) is 25.3 Å². The van der Waals surface area contributed by atoms with Gasteiger partial charge in [-0.25, -0.2) is 15.3 Å². The summed E-state index contributed by atoms with van der Waals surface area (Å²) in [5, 5.41) is 11.7. The number of urea groups is 1. The van der Waals surface area contributed by atoms with E-state index >= 15 is 0 Å². The fourth-order valence-electron chi connectivity index (χ4n) is 3.11. The lowest BCUT2D eigenvalue weighted by atomic mass is 9.96. The molecule has 1 aliphatic heterocycles. The zero-order valence-electron chi connectivity index (χ0n) is 12.4. The molecule has 1 fully saturated rings. The van der Waals surface area contributed by atoms with Crippen LogP contribution in [0.15, 0.2) is 6.20 Å². The van der Waals surface area contributed by atoms with Crippen LogP contribution in [0, 0.1) is 0 Å². The Morgan fingerprint density at radius 1 is 1.23 bits per heavy atom. The number of rotatable bonds is 2. The average molecular weight is 307 g/mol. The van der Waals surface area contributed by atoms with E-state index in [0.717, 1.165) is 12.8 Å². The molecule has 0 spiro atoms. The van der Waals surface area contributed by atoms with Gasteiger partial charge in [0.25, 0.3) is 5.91 Å². The third-order valence-corrected chi connectivity index (χ3v) is 4.36. The van der Waals surface area contributed by atoms with E-state index in [9.17, 15) is 9.59 Å². The number of nitrogens with zero attached hydrogens (tertiary/aromatic N) is 3. The van der Waals surface area contributed by atoms with Crippen molar-refractivity contribution in [3.63, 3.8) is 0 Å². The largest absolute Gasteiger partial charge is 0.335 e. The topological polar surface area (TPSA) is 99.5 Å². The van der Waals surface area contributed by atoms with Gasteiger partial charge in [-0.05, 0) is 12.8 Å². The van der Waals surface area contributed by atoms with Gasteiger partial charge in [-0.1, -0.05) is 19.3 Å². The molecule has 22 heavy (non-hydrogen) atoms. The van der Waals surface area contributed by atoms with Crippen LogP contribution in [0.1, 0.15) is 48.4 Å². The van der Waals surface area contributed by atoms with Crippen molar-refractivity contribution >= 4 is 11.9 Å². The number of hydrogen-bond acceptors (Lipinski definition) is 4. The molecule has 0 bridgehead atoms. The van der Waals surface area contributed by atoms with Crippen molar-refractivity contribution in [2.45, 2.75) is 51.2 Å². The number of fused-ring (bicyclic) bond motifs is 1. The lowest BCUT2D eigenvalue weighted by molar-refractivity contribution is 0.0701. The summed E-state index contributed by atoms with van der Waals surface area (Å²) in [6.45, 7) is 1.55. The summed E-state index contributed by atoms with van der Waals surface area (Å²) in [5.74, 6) is 0.0174. The highest BCUT2D eigenvalue weighted by Gasteiger charge is 2.25. The molecule has 1 saturated carbocycles. The predicted octanol–water partition coefficient (Wildman–Crippen LogP) is 0.860. The number of carbonyl (C=O) groups is 2. The van der Waals surface area contributed by atoms with Crippen molar-refractivity contribution in [2.24, 2.45) is 0 Å². The summed E-state index contributed by atoms with van der Waals surface area (Å²) in [6.07, 6.45) is 7.30. The number of aromatic nitrogens is 2. The van der Waals surface area contributed by atoms with Crippen molar-refractivity contribution in [1.29, 1.82) is 0 Å². The molecule has 3 amide bonds. The highest BCUT2D eigenvalue weighted by atomic mass is 16.5. The summed E-state index contributed by atoms with van der Waals surface area (Å²) in [5.41, 5.74) is 1.73. The molecule has 0 unspecified atom stereocenters. The third-order valence-electron chi connectivity index (χ3n) is 4.36. The zero-order valence-corrected chi connectivity index (χ0v) is 12.4. The van der Waals surface area contributed by atoms with Crippen LogP contribution in [0.25, 0.3) is 0 Å². The van der Waals surface area contributed by atoms with Crippen molar-refractivity contribution in [3.05, 3.63) is 17.7 Å². The van der Waals surface area contributed by atoms with Crippen molar-refractivity contribution < 1.29 is 14.8 Å². The minimum atomic E-state index is -0.639. The Balaban J connectivity index is 1.62. The van der Waals surface area contributed by atoms with Crippen LogP contribution in [0.2, 0.25) is 0 Å². The molecule has 1 aliphatic carbocycles. The first-order valence-electron chi connectivity index (χ1n) is 7.73. The maximum Gasteiger partial charge on any atom is 0.318 e. The number of imidazole rings is 1. The Morgan fingerprint density at radius 2 is 2.00 bits per heavy atom. The van der Waals surface area contributed by atoms with E-state index in [2.05, 4.69) is 10.3 Å². The van der Waals surface area contributed by atoms with Gasteiger partial charge in [0.2, 0.25) is 0 Å². The lowest BCUT2D eigenvalue weighted by Crippen LogP contribution is -2.48. The smallest absolute Gasteiger partial charge is 0.318 e. The van der Waals surface area contributed by atoms with Gasteiger partial charge < -0.3 is 14.8 Å². The Bertz CT molecular complexity index is 565. The van der Waals surface area contributed by atoms with Crippen molar-refractivity contribution in [2.75, 3.05) is 6.54 Å². The first-order valence-corrected chi connectivity index (χ1v) is 7.73. The first-order chi connectivity index (χ1) is 10.7. The Hall–Kier alpha value is -2.09. The molecular weight excluding hydrogens is 286 g/mol. The van der Waals surface area contributed by atoms with Crippen molar-refractivity contribution in [3.8, 4) is 0 Å². The monoisotopic (exact) mass is 307 g/mol. The third kappa shape index (κ3) is 3.06. The molecule has 3 rings (SSSR count). The van der Waals surface area contributed by atoms with Crippen LogP contribution >= 0.6 is 0 Å². The van der Waals surface area contributed by atoms with Gasteiger partial charge in [-0.3, -0.25) is 10.0 Å². The van der Waals surface area contributed by atoms with E-state index < -0.39 is 5.91 Å². The molecule has 0 aromatic carbocycles. The van der Waals surface area contributed by atoms with Gasteiger partial charge in [-0.2, -0.15) is 0 Å². The van der Waals surface area contributed by atoms with Gasteiger partial charge in [0.15, 0.2) is 0 Å². The zero-order chi connectivity index (χ0) is 15.5. The van der Waals surface area contributed by atoms with E-state index in [0.29, 0.717) is 25.5 Å². The summed E-state index contributed by atoms with van der Waals surface area (Å²) in [6, 6.07) is 0.216. The molecule has 1 aromatic rings. The summed E-state index contributed by atoms with van der Waals surface area (Å²) < 4.78 is 1.84. The van der Waals surface area contributed by atoms with Crippen LogP contribution in [0.3, 0.4) is 0 Å². The molecule has 8 nitrogen and oxygen atoms in total. The summed E-state index contributed by atoms with van der Waals surface area (Å²) in [7, 11) is 0. The minimum absolute atomic E-state index is 0.0608. The second-order valence-electron chi connectivity index (χ2n) is 5.88. The highest BCUT2D eigenvalue weighted by Crippen LogP contribution is 2.18.